The Bertz CT molecular complexity index is 1360. The number of halogens is 2. The summed E-state index contributed by atoms with van der Waals surface area (Å²) >= 11 is 6.03. The summed E-state index contributed by atoms with van der Waals surface area (Å²) in [5.74, 6) is -1.31. The Balaban J connectivity index is 1.32. The van der Waals surface area contributed by atoms with E-state index in [0.29, 0.717) is 30.2 Å². The number of amides is 1. The fraction of sp³-hybridized carbons (Fsp3) is 0.393. The molecule has 1 unspecified atom stereocenters. The van der Waals surface area contributed by atoms with Crippen LogP contribution in [0.3, 0.4) is 0 Å². The molecule has 8 nitrogen and oxygen atoms in total. The second-order valence-corrected chi connectivity index (χ2v) is 10.7. The third kappa shape index (κ3) is 5.00. The van der Waals surface area contributed by atoms with Gasteiger partial charge in [0.15, 0.2) is 5.76 Å². The number of carbonyl (C=O) groups is 2. The Labute approximate surface area is 224 Å². The van der Waals surface area contributed by atoms with E-state index in [9.17, 15) is 14.7 Å². The quantitative estimate of drug-likeness (QED) is 0.337. The van der Waals surface area contributed by atoms with Gasteiger partial charge in [0, 0.05) is 10.4 Å². The number of carbonyl (C=O) groups excluding carboxylic acids is 1. The third-order valence-electron chi connectivity index (χ3n) is 7.76. The molecule has 10 heteroatoms. The Kier molecular flexibility index (Phi) is 6.92. The average molecular weight is 543 g/mol. The van der Waals surface area contributed by atoms with Gasteiger partial charge in [-0.05, 0) is 74.9 Å². The molecular formula is C28H28ClFN2O6. The summed E-state index contributed by atoms with van der Waals surface area (Å²) in [5.41, 5.74) is 1.28. The molecule has 2 bridgehead atoms. The van der Waals surface area contributed by atoms with E-state index in [0.717, 1.165) is 24.0 Å². The standard InChI is InChI=1S/C28H28ClFN2O6/c1-16-24(31-26(35)37-17(2)18-4-3-5-20(29)12-18)25(38-32-16)21-7-6-19(13-22(21)30)27-8-10-28(11-9-27,36-15-27)14-23(33)34/h3-7,12-13,17H,8-11,14-15H2,1-2H3,(H,31,35)(H,33,34). The van der Waals surface area contributed by atoms with Gasteiger partial charge in [-0.2, -0.15) is 0 Å². The lowest BCUT2D eigenvalue weighted by Gasteiger charge is -2.53. The summed E-state index contributed by atoms with van der Waals surface area (Å²) in [7, 11) is 0. The average Bonchev–Trinajstić information content (AvgIpc) is 3.23. The maximum Gasteiger partial charge on any atom is 0.412 e. The maximum absolute atomic E-state index is 15.5. The first kappa shape index (κ1) is 26.2. The lowest BCUT2D eigenvalue weighted by atomic mass is 9.62. The van der Waals surface area contributed by atoms with Crippen LogP contribution in [0.25, 0.3) is 11.3 Å². The number of aryl methyl sites for hydroxylation is 1. The van der Waals surface area contributed by atoms with E-state index in [-0.39, 0.29) is 28.8 Å². The number of benzene rings is 2. The van der Waals surface area contributed by atoms with Gasteiger partial charge in [-0.15, -0.1) is 0 Å². The number of nitrogens with one attached hydrogen (secondary N) is 1. The Morgan fingerprint density at radius 1 is 1.21 bits per heavy atom. The number of aliphatic carboxylic acids is 1. The number of carboxylic acid groups (broad SMARTS) is 1. The van der Waals surface area contributed by atoms with Gasteiger partial charge in [0.05, 0.1) is 24.2 Å². The molecule has 2 aromatic carbocycles. The Morgan fingerprint density at radius 2 is 1.97 bits per heavy atom. The highest BCUT2D eigenvalue weighted by Crippen LogP contribution is 2.52. The van der Waals surface area contributed by atoms with Gasteiger partial charge in [0.25, 0.3) is 0 Å². The highest BCUT2D eigenvalue weighted by Gasteiger charge is 2.51. The number of carboxylic acids is 1. The van der Waals surface area contributed by atoms with Gasteiger partial charge in [0.1, 0.15) is 23.3 Å². The number of nitrogens with zero attached hydrogens (tertiary/aromatic N) is 1. The molecule has 1 amide bonds. The summed E-state index contributed by atoms with van der Waals surface area (Å²) in [6.45, 7) is 3.71. The molecule has 3 aromatic rings. The molecule has 1 aliphatic carbocycles. The van der Waals surface area contributed by atoms with Crippen LogP contribution < -0.4 is 5.32 Å². The topological polar surface area (TPSA) is 111 Å². The molecule has 3 heterocycles. The lowest BCUT2D eigenvalue weighted by Crippen LogP contribution is -2.54. The second kappa shape index (κ2) is 10.0. The van der Waals surface area contributed by atoms with Gasteiger partial charge >= 0.3 is 12.1 Å². The molecule has 0 radical (unpaired) electrons. The fourth-order valence-corrected chi connectivity index (χ4v) is 5.69. The lowest BCUT2D eigenvalue weighted by molar-refractivity contribution is -0.174. The molecule has 3 aliphatic rings. The van der Waals surface area contributed by atoms with E-state index in [1.54, 1.807) is 44.2 Å². The van der Waals surface area contributed by atoms with Crippen LogP contribution in [0.2, 0.25) is 5.02 Å². The van der Waals surface area contributed by atoms with Crippen LogP contribution in [0, 0.1) is 12.7 Å². The first-order valence-corrected chi connectivity index (χ1v) is 12.8. The summed E-state index contributed by atoms with van der Waals surface area (Å²) < 4.78 is 32.4. The van der Waals surface area contributed by atoms with Crippen LogP contribution in [0.5, 0.6) is 0 Å². The number of fused-ring (bicyclic) bond motifs is 3. The predicted molar refractivity (Wildman–Crippen MR) is 138 cm³/mol. The summed E-state index contributed by atoms with van der Waals surface area (Å²) in [6.07, 6.45) is 1.36. The summed E-state index contributed by atoms with van der Waals surface area (Å²) in [6, 6.07) is 11.9. The van der Waals surface area contributed by atoms with Crippen LogP contribution in [-0.2, 0) is 19.7 Å². The number of hydrogen-bond acceptors (Lipinski definition) is 6. The van der Waals surface area contributed by atoms with Crippen LogP contribution in [0.15, 0.2) is 47.0 Å². The molecule has 1 aromatic heterocycles. The second-order valence-electron chi connectivity index (χ2n) is 10.2. The fourth-order valence-electron chi connectivity index (χ4n) is 5.49. The van der Waals surface area contributed by atoms with Gasteiger partial charge < -0.3 is 19.1 Å². The molecule has 200 valence electrons. The van der Waals surface area contributed by atoms with Crippen molar-refractivity contribution in [2.75, 3.05) is 11.9 Å². The number of rotatable bonds is 7. The van der Waals surface area contributed by atoms with Crippen molar-refractivity contribution in [2.45, 2.75) is 63.1 Å². The highest BCUT2D eigenvalue weighted by molar-refractivity contribution is 6.30. The van der Waals surface area contributed by atoms with Gasteiger partial charge in [-0.1, -0.05) is 35.0 Å². The van der Waals surface area contributed by atoms with Gasteiger partial charge in [-0.3, -0.25) is 10.1 Å². The van der Waals surface area contributed by atoms with Crippen LogP contribution in [0.4, 0.5) is 14.9 Å². The van der Waals surface area contributed by atoms with Gasteiger partial charge in [0.2, 0.25) is 0 Å². The van der Waals surface area contributed by atoms with Crippen LogP contribution >= 0.6 is 11.6 Å². The zero-order valence-electron chi connectivity index (χ0n) is 21.1. The highest BCUT2D eigenvalue weighted by atomic mass is 35.5. The first-order chi connectivity index (χ1) is 18.1. The molecule has 1 atom stereocenters. The molecular weight excluding hydrogens is 515 g/mol. The smallest absolute Gasteiger partial charge is 0.412 e. The zero-order valence-corrected chi connectivity index (χ0v) is 21.8. The summed E-state index contributed by atoms with van der Waals surface area (Å²) in [5, 5.41) is 16.3. The zero-order chi connectivity index (χ0) is 27.1. The monoisotopic (exact) mass is 542 g/mol. The van der Waals surface area contributed by atoms with Crippen molar-refractivity contribution in [3.63, 3.8) is 0 Å². The number of aromatic nitrogens is 1. The largest absolute Gasteiger partial charge is 0.481 e. The molecule has 3 fully saturated rings. The van der Waals surface area contributed by atoms with E-state index in [2.05, 4.69) is 10.5 Å². The maximum atomic E-state index is 15.5. The molecule has 2 N–H and O–H groups in total. The van der Waals surface area contributed by atoms with E-state index in [1.807, 2.05) is 6.07 Å². The SMILES string of the molecule is Cc1noc(-c2ccc(C34CCC(CC(=O)O)(CC3)OC4)cc2F)c1NC(=O)OC(C)c1cccc(Cl)c1. The van der Waals surface area contributed by atoms with Crippen molar-refractivity contribution >= 4 is 29.4 Å². The molecule has 0 spiro atoms. The number of anilines is 1. The summed E-state index contributed by atoms with van der Waals surface area (Å²) in [4.78, 5) is 23.9. The van der Waals surface area contributed by atoms with Crippen molar-refractivity contribution in [3.8, 4) is 11.3 Å². The Hall–Kier alpha value is -3.43. The van der Waals surface area contributed by atoms with Crippen LogP contribution in [0.1, 0.15) is 62.0 Å². The van der Waals surface area contributed by atoms with Crippen molar-refractivity contribution in [1.29, 1.82) is 0 Å². The van der Waals surface area contributed by atoms with E-state index in [1.165, 1.54) is 6.07 Å². The molecule has 2 aliphatic heterocycles. The minimum absolute atomic E-state index is 0.0166. The van der Waals surface area contributed by atoms with E-state index in [4.69, 9.17) is 25.6 Å². The van der Waals surface area contributed by atoms with Crippen molar-refractivity contribution in [1.82, 2.24) is 5.16 Å². The predicted octanol–water partition coefficient (Wildman–Crippen LogP) is 6.81. The number of hydrogen-bond donors (Lipinski definition) is 2. The Morgan fingerprint density at radius 3 is 2.61 bits per heavy atom. The van der Waals surface area contributed by atoms with E-state index >= 15 is 4.39 Å². The molecule has 6 rings (SSSR count). The van der Waals surface area contributed by atoms with E-state index < -0.39 is 29.6 Å². The number of ether oxygens (including phenoxy) is 2. The normalized spacial score (nSPS) is 23.2. The molecule has 1 saturated carbocycles. The van der Waals surface area contributed by atoms with Crippen molar-refractivity contribution in [2.24, 2.45) is 0 Å². The van der Waals surface area contributed by atoms with Crippen LogP contribution in [-0.4, -0.2) is 34.5 Å². The minimum atomic E-state index is -0.871. The minimum Gasteiger partial charge on any atom is -0.481 e. The third-order valence-corrected chi connectivity index (χ3v) is 8.00. The van der Waals surface area contributed by atoms with Crippen molar-refractivity contribution in [3.05, 3.63) is 70.1 Å². The first-order valence-electron chi connectivity index (χ1n) is 12.5. The van der Waals surface area contributed by atoms with Crippen molar-refractivity contribution < 1.29 is 33.1 Å². The molecule has 2 saturated heterocycles. The van der Waals surface area contributed by atoms with Gasteiger partial charge in [-0.25, -0.2) is 9.18 Å². The molecule has 38 heavy (non-hydrogen) atoms.